The number of hydrogen-bond donors (Lipinski definition) is 0. The van der Waals surface area contributed by atoms with E-state index in [-0.39, 0.29) is 18.2 Å². The first-order chi connectivity index (χ1) is 9.74. The smallest absolute Gasteiger partial charge is 0.410 e. The Kier molecular flexibility index (Phi) is 4.76. The lowest BCUT2D eigenvalue weighted by Gasteiger charge is -2.26. The number of halogens is 1. The zero-order valence-corrected chi connectivity index (χ0v) is 14.4. The molecule has 0 bridgehead atoms. The summed E-state index contributed by atoms with van der Waals surface area (Å²) in [6.07, 6.45) is 0.422. The highest BCUT2D eigenvalue weighted by atomic mass is 79.9. The highest BCUT2D eigenvalue weighted by Gasteiger charge is 2.36. The van der Waals surface area contributed by atoms with Crippen molar-refractivity contribution in [1.29, 1.82) is 0 Å². The highest BCUT2D eigenvalue weighted by molar-refractivity contribution is 9.10. The minimum absolute atomic E-state index is 0.0608. The van der Waals surface area contributed by atoms with Crippen molar-refractivity contribution in [3.05, 3.63) is 22.8 Å². The molecule has 0 saturated carbocycles. The van der Waals surface area contributed by atoms with Crippen molar-refractivity contribution >= 4 is 22.0 Å². The number of carbonyl (C=O) groups excluding carboxylic acids is 1. The van der Waals surface area contributed by atoms with Crippen LogP contribution in [0.3, 0.4) is 0 Å². The fourth-order valence-corrected chi connectivity index (χ4v) is 2.60. The maximum Gasteiger partial charge on any atom is 0.410 e. The van der Waals surface area contributed by atoms with E-state index in [0.717, 1.165) is 11.0 Å². The molecule has 0 unspecified atom stereocenters. The Labute approximate surface area is 133 Å². The molecule has 6 heteroatoms. The van der Waals surface area contributed by atoms with Gasteiger partial charge in [0.25, 0.3) is 0 Å². The van der Waals surface area contributed by atoms with E-state index in [0.29, 0.717) is 12.4 Å². The number of ether oxygens (including phenoxy) is 2. The van der Waals surface area contributed by atoms with Crippen molar-refractivity contribution in [2.75, 3.05) is 6.54 Å². The third kappa shape index (κ3) is 4.59. The molecule has 1 amide bonds. The molecule has 0 spiro atoms. The summed E-state index contributed by atoms with van der Waals surface area (Å²) >= 11 is 3.32. The molecule has 0 N–H and O–H groups in total. The van der Waals surface area contributed by atoms with Crippen LogP contribution in [0.1, 0.15) is 34.1 Å². The average Bonchev–Trinajstić information content (AvgIpc) is 2.68. The Morgan fingerprint density at radius 1 is 1.43 bits per heavy atom. The van der Waals surface area contributed by atoms with Crippen molar-refractivity contribution in [3.8, 4) is 5.88 Å². The van der Waals surface area contributed by atoms with Gasteiger partial charge in [0.05, 0.1) is 6.54 Å². The predicted octanol–water partition coefficient (Wildman–Crippen LogP) is 3.62. The van der Waals surface area contributed by atoms with Crippen LogP contribution < -0.4 is 4.74 Å². The van der Waals surface area contributed by atoms with Gasteiger partial charge in [0.15, 0.2) is 0 Å². The molecule has 0 aliphatic carbocycles. The highest BCUT2D eigenvalue weighted by Crippen LogP contribution is 2.24. The summed E-state index contributed by atoms with van der Waals surface area (Å²) in [5.74, 6) is 0.563. The number of likely N-dealkylation sites (tertiary alicyclic amines) is 1. The number of hydrogen-bond acceptors (Lipinski definition) is 4. The number of nitrogens with zero attached hydrogens (tertiary/aromatic N) is 2. The van der Waals surface area contributed by atoms with E-state index in [4.69, 9.17) is 9.47 Å². The van der Waals surface area contributed by atoms with E-state index in [1.54, 1.807) is 4.90 Å². The van der Waals surface area contributed by atoms with Gasteiger partial charge in [0.2, 0.25) is 5.88 Å². The van der Waals surface area contributed by atoms with Crippen LogP contribution in [0.5, 0.6) is 5.88 Å². The van der Waals surface area contributed by atoms with Gasteiger partial charge in [-0.25, -0.2) is 9.78 Å². The summed E-state index contributed by atoms with van der Waals surface area (Å²) < 4.78 is 12.0. The van der Waals surface area contributed by atoms with Gasteiger partial charge in [-0.2, -0.15) is 0 Å². The normalized spacial score (nSPS) is 22.2. The van der Waals surface area contributed by atoms with Gasteiger partial charge in [0, 0.05) is 18.5 Å². The van der Waals surface area contributed by atoms with Crippen molar-refractivity contribution < 1.29 is 14.3 Å². The average molecular weight is 357 g/mol. The van der Waals surface area contributed by atoms with E-state index in [1.807, 2.05) is 45.9 Å². The van der Waals surface area contributed by atoms with Crippen molar-refractivity contribution in [2.45, 2.75) is 51.9 Å². The third-order valence-corrected chi connectivity index (χ3v) is 3.58. The zero-order valence-electron chi connectivity index (χ0n) is 12.8. The molecule has 1 saturated heterocycles. The van der Waals surface area contributed by atoms with Gasteiger partial charge in [-0.3, -0.25) is 0 Å². The quantitative estimate of drug-likeness (QED) is 0.759. The maximum atomic E-state index is 12.1. The molecule has 21 heavy (non-hydrogen) atoms. The molecule has 5 nitrogen and oxygen atoms in total. The van der Waals surface area contributed by atoms with Crippen LogP contribution >= 0.6 is 15.9 Å². The van der Waals surface area contributed by atoms with Crippen molar-refractivity contribution in [2.24, 2.45) is 0 Å². The fourth-order valence-electron chi connectivity index (χ4n) is 2.27. The first-order valence-corrected chi connectivity index (χ1v) is 7.83. The lowest BCUT2D eigenvalue weighted by Crippen LogP contribution is -2.39. The van der Waals surface area contributed by atoms with Crippen LogP contribution in [0.4, 0.5) is 4.79 Å². The van der Waals surface area contributed by atoms with E-state index in [9.17, 15) is 4.79 Å². The number of rotatable bonds is 2. The minimum atomic E-state index is -0.485. The van der Waals surface area contributed by atoms with Crippen molar-refractivity contribution in [3.63, 3.8) is 0 Å². The molecule has 1 aromatic rings. The Morgan fingerprint density at radius 2 is 2.14 bits per heavy atom. The first kappa shape index (κ1) is 16.1. The molecular formula is C15H21BrN2O3. The Balaban J connectivity index is 1.96. The third-order valence-electron chi connectivity index (χ3n) is 3.14. The molecule has 0 aromatic carbocycles. The molecule has 2 heterocycles. The van der Waals surface area contributed by atoms with Crippen LogP contribution in [-0.4, -0.2) is 40.3 Å². The van der Waals surface area contributed by atoms with Gasteiger partial charge < -0.3 is 14.4 Å². The number of carbonyl (C=O) groups is 1. The molecule has 116 valence electrons. The Bertz CT molecular complexity index is 516. The second-order valence-corrected chi connectivity index (χ2v) is 7.07. The van der Waals surface area contributed by atoms with Gasteiger partial charge in [-0.05, 0) is 49.7 Å². The monoisotopic (exact) mass is 356 g/mol. The SMILES string of the molecule is C[C@H]1C[C@H](Oc2cccc(Br)n2)CN1C(=O)OC(C)(C)C. The fraction of sp³-hybridized carbons (Fsp3) is 0.600. The van der Waals surface area contributed by atoms with Gasteiger partial charge in [-0.15, -0.1) is 0 Å². The number of pyridine rings is 1. The molecule has 1 fully saturated rings. The molecule has 1 aliphatic heterocycles. The first-order valence-electron chi connectivity index (χ1n) is 7.03. The minimum Gasteiger partial charge on any atom is -0.472 e. The van der Waals surface area contributed by atoms with Crippen LogP contribution in [0.25, 0.3) is 0 Å². The lowest BCUT2D eigenvalue weighted by atomic mass is 10.2. The zero-order chi connectivity index (χ0) is 15.6. The summed E-state index contributed by atoms with van der Waals surface area (Å²) in [6, 6.07) is 5.62. The summed E-state index contributed by atoms with van der Waals surface area (Å²) in [5, 5.41) is 0. The summed E-state index contributed by atoms with van der Waals surface area (Å²) in [7, 11) is 0. The molecule has 1 aromatic heterocycles. The largest absolute Gasteiger partial charge is 0.472 e. The Hall–Kier alpha value is -1.30. The molecule has 2 rings (SSSR count). The van der Waals surface area contributed by atoms with Crippen LogP contribution in [0, 0.1) is 0 Å². The standard InChI is InChI=1S/C15H21BrN2O3/c1-10-8-11(20-13-7-5-6-12(16)17-13)9-18(10)14(19)21-15(2,3)4/h5-7,10-11H,8-9H2,1-4H3/t10-,11-/m0/s1. The lowest BCUT2D eigenvalue weighted by molar-refractivity contribution is 0.0223. The second-order valence-electron chi connectivity index (χ2n) is 6.26. The van der Waals surface area contributed by atoms with E-state index in [2.05, 4.69) is 20.9 Å². The van der Waals surface area contributed by atoms with Gasteiger partial charge in [-0.1, -0.05) is 6.07 Å². The molecule has 2 atom stereocenters. The van der Waals surface area contributed by atoms with Crippen molar-refractivity contribution in [1.82, 2.24) is 9.88 Å². The topological polar surface area (TPSA) is 51.7 Å². The van der Waals surface area contributed by atoms with Crippen LogP contribution in [0.15, 0.2) is 22.8 Å². The number of aromatic nitrogens is 1. The van der Waals surface area contributed by atoms with E-state index >= 15 is 0 Å². The summed E-state index contributed by atoms with van der Waals surface area (Å²) in [6.45, 7) is 8.12. The molecule has 1 aliphatic rings. The predicted molar refractivity (Wildman–Crippen MR) is 83.4 cm³/mol. The molecular weight excluding hydrogens is 336 g/mol. The summed E-state index contributed by atoms with van der Waals surface area (Å²) in [4.78, 5) is 18.1. The van der Waals surface area contributed by atoms with Crippen LogP contribution in [0.2, 0.25) is 0 Å². The second kappa shape index (κ2) is 6.22. The summed E-state index contributed by atoms with van der Waals surface area (Å²) in [5.41, 5.74) is -0.485. The van der Waals surface area contributed by atoms with E-state index in [1.165, 1.54) is 0 Å². The molecule has 0 radical (unpaired) electrons. The number of amides is 1. The maximum absolute atomic E-state index is 12.1. The van der Waals surface area contributed by atoms with E-state index < -0.39 is 5.60 Å². The van der Waals surface area contributed by atoms with Gasteiger partial charge in [0.1, 0.15) is 16.3 Å². The Morgan fingerprint density at radius 3 is 2.76 bits per heavy atom. The van der Waals surface area contributed by atoms with Crippen LogP contribution in [-0.2, 0) is 4.74 Å². The van der Waals surface area contributed by atoms with Gasteiger partial charge >= 0.3 is 6.09 Å².